The number of anilines is 1. The molecule has 0 radical (unpaired) electrons. The first kappa shape index (κ1) is 10.6. The lowest BCUT2D eigenvalue weighted by Gasteiger charge is -2.13. The highest BCUT2D eigenvalue weighted by Crippen LogP contribution is 2.34. The van der Waals surface area contributed by atoms with Crippen molar-refractivity contribution in [2.45, 2.75) is 13.1 Å². The topological polar surface area (TPSA) is 49.9 Å². The third kappa shape index (κ3) is 1.71. The van der Waals surface area contributed by atoms with E-state index in [1.807, 2.05) is 0 Å². The molecule has 0 saturated carbocycles. The van der Waals surface area contributed by atoms with E-state index in [9.17, 15) is 13.2 Å². The van der Waals surface area contributed by atoms with Gasteiger partial charge in [-0.05, 0) is 24.6 Å². The van der Waals surface area contributed by atoms with Crippen LogP contribution in [0.3, 0.4) is 0 Å². The second-order valence-corrected chi connectivity index (χ2v) is 2.88. The number of rotatable bonds is 1. The summed E-state index contributed by atoms with van der Waals surface area (Å²) in [7, 11) is 0. The van der Waals surface area contributed by atoms with E-state index >= 15 is 0 Å². The molecule has 0 atom stereocenters. The summed E-state index contributed by atoms with van der Waals surface area (Å²) in [5, 5.41) is 6.95. The molecule has 5 heteroatoms. The van der Waals surface area contributed by atoms with Crippen LogP contribution in [0.2, 0.25) is 0 Å². The molecule has 1 aromatic carbocycles. The van der Waals surface area contributed by atoms with Gasteiger partial charge in [-0.2, -0.15) is 13.2 Å². The number of halogens is 3. The van der Waals surface area contributed by atoms with E-state index in [0.717, 1.165) is 18.3 Å². The van der Waals surface area contributed by atoms with Crippen LogP contribution in [0.15, 0.2) is 12.1 Å². The Morgan fingerprint density at radius 3 is 2.36 bits per heavy atom. The Bertz CT molecular complexity index is 369. The van der Waals surface area contributed by atoms with Gasteiger partial charge in [0.05, 0.1) is 5.56 Å². The molecule has 2 nitrogen and oxygen atoms in total. The number of hydrogen-bond donors (Lipinski definition) is 2. The third-order valence-corrected chi connectivity index (χ3v) is 2.00. The van der Waals surface area contributed by atoms with Gasteiger partial charge >= 0.3 is 6.18 Å². The maximum absolute atomic E-state index is 12.4. The summed E-state index contributed by atoms with van der Waals surface area (Å²) in [4.78, 5) is 0. The second-order valence-electron chi connectivity index (χ2n) is 2.88. The van der Waals surface area contributed by atoms with Gasteiger partial charge in [0.1, 0.15) is 0 Å². The smallest absolute Gasteiger partial charge is 0.398 e. The van der Waals surface area contributed by atoms with E-state index in [-0.39, 0.29) is 16.8 Å². The summed E-state index contributed by atoms with van der Waals surface area (Å²) in [6.07, 6.45) is -3.56. The Balaban J connectivity index is 3.43. The van der Waals surface area contributed by atoms with E-state index in [1.165, 1.54) is 6.92 Å². The van der Waals surface area contributed by atoms with E-state index in [1.54, 1.807) is 0 Å². The molecule has 3 N–H and O–H groups in total. The monoisotopic (exact) mass is 202 g/mol. The van der Waals surface area contributed by atoms with Crippen LogP contribution < -0.4 is 5.73 Å². The van der Waals surface area contributed by atoms with Crippen LogP contribution in [0.5, 0.6) is 0 Å². The molecule has 0 saturated heterocycles. The van der Waals surface area contributed by atoms with Gasteiger partial charge in [0, 0.05) is 17.5 Å². The summed E-state index contributed by atoms with van der Waals surface area (Å²) in [6, 6.07) is 2.09. The van der Waals surface area contributed by atoms with Gasteiger partial charge in [0.15, 0.2) is 0 Å². The number of nitrogen functional groups attached to an aromatic ring is 1. The highest BCUT2D eigenvalue weighted by atomic mass is 19.4. The van der Waals surface area contributed by atoms with Crippen molar-refractivity contribution in [1.82, 2.24) is 0 Å². The molecule has 0 heterocycles. The quantitative estimate of drug-likeness (QED) is 0.533. The van der Waals surface area contributed by atoms with Crippen LogP contribution in [0.4, 0.5) is 18.9 Å². The summed E-state index contributed by atoms with van der Waals surface area (Å²) >= 11 is 0. The van der Waals surface area contributed by atoms with Crippen LogP contribution in [-0.2, 0) is 6.18 Å². The number of hydrogen-bond acceptors (Lipinski definition) is 2. The highest BCUT2D eigenvalue weighted by Gasteiger charge is 2.33. The molecule has 1 rings (SSSR count). The molecule has 0 bridgehead atoms. The first-order valence-electron chi connectivity index (χ1n) is 3.84. The van der Waals surface area contributed by atoms with Crippen LogP contribution >= 0.6 is 0 Å². The zero-order valence-corrected chi connectivity index (χ0v) is 7.44. The number of nitrogens with one attached hydrogen (secondary N) is 1. The van der Waals surface area contributed by atoms with Gasteiger partial charge in [0.25, 0.3) is 0 Å². The standard InChI is InChI=1S/C9H9F3N2/c1-5-6(4-13)8(14)3-2-7(5)9(10,11)12/h2-4,13H,14H2,1H3. The fourth-order valence-electron chi connectivity index (χ4n) is 1.25. The Morgan fingerprint density at radius 2 is 1.93 bits per heavy atom. The minimum absolute atomic E-state index is 0.00694. The number of nitrogens with two attached hydrogens (primary N) is 1. The predicted octanol–water partition coefficient (Wildman–Crippen LogP) is 2.59. The van der Waals surface area contributed by atoms with Crippen LogP contribution in [0.1, 0.15) is 16.7 Å². The molecule has 0 aliphatic heterocycles. The molecule has 0 aliphatic carbocycles. The van der Waals surface area contributed by atoms with Gasteiger partial charge < -0.3 is 11.1 Å². The van der Waals surface area contributed by atoms with Crippen molar-refractivity contribution < 1.29 is 13.2 Å². The Hall–Kier alpha value is -1.52. The highest BCUT2D eigenvalue weighted by molar-refractivity contribution is 5.87. The number of alkyl halides is 3. The average molecular weight is 202 g/mol. The van der Waals surface area contributed by atoms with Crippen LogP contribution in [0, 0.1) is 12.3 Å². The Morgan fingerprint density at radius 1 is 1.36 bits per heavy atom. The largest absolute Gasteiger partial charge is 0.416 e. The molecule has 0 spiro atoms. The van der Waals surface area contributed by atoms with Crippen molar-refractivity contribution in [2.24, 2.45) is 0 Å². The third-order valence-electron chi connectivity index (χ3n) is 2.00. The Kier molecular flexibility index (Phi) is 2.51. The van der Waals surface area contributed by atoms with Crippen molar-refractivity contribution in [3.8, 4) is 0 Å². The lowest BCUT2D eigenvalue weighted by atomic mass is 10.0. The van der Waals surface area contributed by atoms with Gasteiger partial charge in [-0.1, -0.05) is 0 Å². The maximum atomic E-state index is 12.4. The van der Waals surface area contributed by atoms with Gasteiger partial charge in [-0.3, -0.25) is 0 Å². The van der Waals surface area contributed by atoms with Crippen LogP contribution in [-0.4, -0.2) is 6.21 Å². The molecule has 0 amide bonds. The van der Waals surface area contributed by atoms with E-state index in [4.69, 9.17) is 11.1 Å². The van der Waals surface area contributed by atoms with Gasteiger partial charge in [-0.15, -0.1) is 0 Å². The van der Waals surface area contributed by atoms with Crippen molar-refractivity contribution in [2.75, 3.05) is 5.73 Å². The molecule has 76 valence electrons. The zero-order valence-electron chi connectivity index (χ0n) is 7.44. The molecular formula is C9H9F3N2. The SMILES string of the molecule is Cc1c(C(F)(F)F)ccc(N)c1C=N. The fraction of sp³-hybridized carbons (Fsp3) is 0.222. The van der Waals surface area contributed by atoms with E-state index in [2.05, 4.69) is 0 Å². The zero-order chi connectivity index (χ0) is 10.9. The van der Waals surface area contributed by atoms with Crippen molar-refractivity contribution in [1.29, 1.82) is 5.41 Å². The predicted molar refractivity (Wildman–Crippen MR) is 48.5 cm³/mol. The molecule has 1 aromatic rings. The fourth-order valence-corrected chi connectivity index (χ4v) is 1.25. The van der Waals surface area contributed by atoms with Crippen molar-refractivity contribution in [3.63, 3.8) is 0 Å². The summed E-state index contributed by atoms with van der Waals surface area (Å²) < 4.78 is 37.1. The molecule has 14 heavy (non-hydrogen) atoms. The van der Waals surface area contributed by atoms with E-state index < -0.39 is 11.7 Å². The summed E-state index contributed by atoms with van der Waals surface area (Å²) in [5.41, 5.74) is 4.98. The van der Waals surface area contributed by atoms with Gasteiger partial charge in [-0.25, -0.2) is 0 Å². The molecular weight excluding hydrogens is 193 g/mol. The molecule has 0 unspecified atom stereocenters. The first-order valence-corrected chi connectivity index (χ1v) is 3.84. The molecule has 0 fully saturated rings. The van der Waals surface area contributed by atoms with E-state index in [0.29, 0.717) is 0 Å². The maximum Gasteiger partial charge on any atom is 0.416 e. The normalized spacial score (nSPS) is 11.4. The molecule has 0 aromatic heterocycles. The first-order chi connectivity index (χ1) is 6.38. The number of benzene rings is 1. The van der Waals surface area contributed by atoms with Crippen molar-refractivity contribution >= 4 is 11.9 Å². The second kappa shape index (κ2) is 3.32. The lowest BCUT2D eigenvalue weighted by Crippen LogP contribution is -2.10. The van der Waals surface area contributed by atoms with Crippen LogP contribution in [0.25, 0.3) is 0 Å². The average Bonchev–Trinajstić information content (AvgIpc) is 2.02. The molecule has 0 aliphatic rings. The minimum atomic E-state index is -4.39. The summed E-state index contributed by atoms with van der Waals surface area (Å²) in [6.45, 7) is 1.31. The minimum Gasteiger partial charge on any atom is -0.398 e. The van der Waals surface area contributed by atoms with Gasteiger partial charge in [0.2, 0.25) is 0 Å². The Labute approximate surface area is 79.0 Å². The van der Waals surface area contributed by atoms with Crippen molar-refractivity contribution in [3.05, 3.63) is 28.8 Å². The summed E-state index contributed by atoms with van der Waals surface area (Å²) in [5.74, 6) is 0. The lowest BCUT2D eigenvalue weighted by molar-refractivity contribution is -0.138.